The molecule has 0 aliphatic heterocycles. The van der Waals surface area contributed by atoms with Gasteiger partial charge in [0.05, 0.1) is 0 Å². The fourth-order valence-electron chi connectivity index (χ4n) is 1.32. The van der Waals surface area contributed by atoms with Crippen molar-refractivity contribution in [2.24, 2.45) is 5.92 Å². The van der Waals surface area contributed by atoms with E-state index in [4.69, 9.17) is 0 Å². The standard InChI is InChI=1S/C13H19FN2O/c1-10(2)7-8-15-13(17)16-9-11-3-5-12(14)6-4-11/h3-6,10H,7-9H2,1-2H3,(H2,15,16,17). The molecule has 0 saturated heterocycles. The Morgan fingerprint density at radius 1 is 1.24 bits per heavy atom. The number of hydrogen-bond acceptors (Lipinski definition) is 1. The monoisotopic (exact) mass is 238 g/mol. The maximum Gasteiger partial charge on any atom is 0.315 e. The summed E-state index contributed by atoms with van der Waals surface area (Å²) in [5.41, 5.74) is 0.880. The first-order chi connectivity index (χ1) is 8.08. The summed E-state index contributed by atoms with van der Waals surface area (Å²) in [6.45, 7) is 5.30. The van der Waals surface area contributed by atoms with Gasteiger partial charge in [0.25, 0.3) is 0 Å². The molecule has 17 heavy (non-hydrogen) atoms. The number of carbonyl (C=O) groups excluding carboxylic acids is 1. The van der Waals surface area contributed by atoms with Gasteiger partial charge in [-0.1, -0.05) is 26.0 Å². The highest BCUT2D eigenvalue weighted by molar-refractivity contribution is 5.73. The summed E-state index contributed by atoms with van der Waals surface area (Å²) >= 11 is 0. The van der Waals surface area contributed by atoms with Crippen LogP contribution in [0.1, 0.15) is 25.8 Å². The third kappa shape index (κ3) is 5.90. The van der Waals surface area contributed by atoms with Crippen LogP contribution in [0.25, 0.3) is 0 Å². The molecule has 1 aromatic rings. The van der Waals surface area contributed by atoms with Gasteiger partial charge in [0, 0.05) is 13.1 Å². The number of halogens is 1. The molecule has 0 aromatic heterocycles. The molecule has 0 aliphatic carbocycles. The van der Waals surface area contributed by atoms with Crippen LogP contribution in [0.2, 0.25) is 0 Å². The van der Waals surface area contributed by atoms with E-state index in [0.29, 0.717) is 19.0 Å². The van der Waals surface area contributed by atoms with E-state index in [0.717, 1.165) is 12.0 Å². The van der Waals surface area contributed by atoms with E-state index < -0.39 is 0 Å². The summed E-state index contributed by atoms with van der Waals surface area (Å²) < 4.78 is 12.6. The highest BCUT2D eigenvalue weighted by Crippen LogP contribution is 2.01. The Bertz CT molecular complexity index is 349. The molecule has 0 atom stereocenters. The largest absolute Gasteiger partial charge is 0.338 e. The van der Waals surface area contributed by atoms with E-state index in [1.807, 2.05) is 0 Å². The van der Waals surface area contributed by atoms with Crippen molar-refractivity contribution < 1.29 is 9.18 Å². The van der Waals surface area contributed by atoms with Crippen LogP contribution in [-0.4, -0.2) is 12.6 Å². The van der Waals surface area contributed by atoms with Crippen LogP contribution in [0.5, 0.6) is 0 Å². The van der Waals surface area contributed by atoms with Gasteiger partial charge in [0.1, 0.15) is 5.82 Å². The molecular formula is C13H19FN2O. The molecule has 2 N–H and O–H groups in total. The van der Waals surface area contributed by atoms with E-state index in [9.17, 15) is 9.18 Å². The van der Waals surface area contributed by atoms with Gasteiger partial charge in [0.15, 0.2) is 0 Å². The summed E-state index contributed by atoms with van der Waals surface area (Å²) in [5, 5.41) is 5.49. The molecule has 0 unspecified atom stereocenters. The van der Waals surface area contributed by atoms with Gasteiger partial charge in [0.2, 0.25) is 0 Å². The van der Waals surface area contributed by atoms with Crippen molar-refractivity contribution in [3.8, 4) is 0 Å². The molecular weight excluding hydrogens is 219 g/mol. The summed E-state index contributed by atoms with van der Waals surface area (Å²) in [6.07, 6.45) is 0.962. The lowest BCUT2D eigenvalue weighted by molar-refractivity contribution is 0.240. The lowest BCUT2D eigenvalue weighted by atomic mass is 10.1. The van der Waals surface area contributed by atoms with Gasteiger partial charge < -0.3 is 10.6 Å². The predicted molar refractivity (Wildman–Crippen MR) is 66.1 cm³/mol. The zero-order chi connectivity index (χ0) is 12.7. The number of urea groups is 1. The molecule has 0 fully saturated rings. The molecule has 2 amide bonds. The van der Waals surface area contributed by atoms with Crippen molar-refractivity contribution >= 4 is 6.03 Å². The third-order valence-corrected chi connectivity index (χ3v) is 2.37. The Labute approximate surface area is 101 Å². The Morgan fingerprint density at radius 3 is 2.47 bits per heavy atom. The smallest absolute Gasteiger partial charge is 0.315 e. The van der Waals surface area contributed by atoms with Gasteiger partial charge >= 0.3 is 6.03 Å². The zero-order valence-electron chi connectivity index (χ0n) is 10.3. The molecule has 0 spiro atoms. The zero-order valence-corrected chi connectivity index (χ0v) is 10.3. The van der Waals surface area contributed by atoms with Crippen molar-refractivity contribution in [2.75, 3.05) is 6.54 Å². The van der Waals surface area contributed by atoms with Crippen LogP contribution in [0.15, 0.2) is 24.3 Å². The number of amides is 2. The van der Waals surface area contributed by atoms with Crippen molar-refractivity contribution in [2.45, 2.75) is 26.8 Å². The summed E-state index contributed by atoms with van der Waals surface area (Å²) in [6, 6.07) is 5.89. The van der Waals surface area contributed by atoms with Crippen LogP contribution in [-0.2, 0) is 6.54 Å². The van der Waals surface area contributed by atoms with Gasteiger partial charge in [-0.15, -0.1) is 0 Å². The van der Waals surface area contributed by atoms with Gasteiger partial charge in [-0.05, 0) is 30.0 Å². The molecule has 0 heterocycles. The average molecular weight is 238 g/mol. The molecule has 0 aliphatic rings. The minimum absolute atomic E-state index is 0.185. The number of hydrogen-bond donors (Lipinski definition) is 2. The first-order valence-electron chi connectivity index (χ1n) is 5.84. The first kappa shape index (κ1) is 13.5. The minimum atomic E-state index is -0.268. The Kier molecular flexibility index (Phi) is 5.46. The maximum atomic E-state index is 12.6. The predicted octanol–water partition coefficient (Wildman–Crippen LogP) is 2.67. The van der Waals surface area contributed by atoms with E-state index >= 15 is 0 Å². The fourth-order valence-corrected chi connectivity index (χ4v) is 1.32. The molecule has 1 rings (SSSR count). The Morgan fingerprint density at radius 2 is 1.88 bits per heavy atom. The second kappa shape index (κ2) is 6.89. The second-order valence-electron chi connectivity index (χ2n) is 4.42. The van der Waals surface area contributed by atoms with Crippen LogP contribution in [0, 0.1) is 11.7 Å². The number of benzene rings is 1. The SMILES string of the molecule is CC(C)CCNC(=O)NCc1ccc(F)cc1. The topological polar surface area (TPSA) is 41.1 Å². The van der Waals surface area contributed by atoms with Crippen LogP contribution in [0.3, 0.4) is 0 Å². The summed E-state index contributed by atoms with van der Waals surface area (Å²) in [7, 11) is 0. The highest BCUT2D eigenvalue weighted by Gasteiger charge is 2.01. The van der Waals surface area contributed by atoms with Crippen molar-refractivity contribution in [1.29, 1.82) is 0 Å². The van der Waals surface area contributed by atoms with Crippen molar-refractivity contribution in [3.05, 3.63) is 35.6 Å². The third-order valence-electron chi connectivity index (χ3n) is 2.37. The molecule has 1 aromatic carbocycles. The molecule has 4 heteroatoms. The molecule has 3 nitrogen and oxygen atoms in total. The lowest BCUT2D eigenvalue weighted by Gasteiger charge is -2.08. The van der Waals surface area contributed by atoms with Gasteiger partial charge in [-0.3, -0.25) is 0 Å². The quantitative estimate of drug-likeness (QED) is 0.813. The molecule has 0 saturated carbocycles. The van der Waals surface area contributed by atoms with E-state index in [2.05, 4.69) is 24.5 Å². The first-order valence-corrected chi connectivity index (χ1v) is 5.84. The highest BCUT2D eigenvalue weighted by atomic mass is 19.1. The van der Waals surface area contributed by atoms with E-state index in [1.165, 1.54) is 12.1 Å². The Hall–Kier alpha value is -1.58. The van der Waals surface area contributed by atoms with Crippen LogP contribution < -0.4 is 10.6 Å². The van der Waals surface area contributed by atoms with E-state index in [1.54, 1.807) is 12.1 Å². The number of carbonyl (C=O) groups is 1. The van der Waals surface area contributed by atoms with Crippen molar-refractivity contribution in [3.63, 3.8) is 0 Å². The van der Waals surface area contributed by atoms with Gasteiger partial charge in [-0.25, -0.2) is 9.18 Å². The summed E-state index contributed by atoms with van der Waals surface area (Å²) in [4.78, 5) is 11.4. The average Bonchev–Trinajstić information content (AvgIpc) is 2.28. The number of rotatable bonds is 5. The van der Waals surface area contributed by atoms with Gasteiger partial charge in [-0.2, -0.15) is 0 Å². The van der Waals surface area contributed by atoms with Crippen molar-refractivity contribution in [1.82, 2.24) is 10.6 Å². The molecule has 94 valence electrons. The lowest BCUT2D eigenvalue weighted by Crippen LogP contribution is -2.35. The normalized spacial score (nSPS) is 10.4. The minimum Gasteiger partial charge on any atom is -0.338 e. The van der Waals surface area contributed by atoms with E-state index in [-0.39, 0.29) is 11.8 Å². The number of nitrogens with one attached hydrogen (secondary N) is 2. The summed E-state index contributed by atoms with van der Waals surface area (Å²) in [5.74, 6) is 0.308. The van der Waals surface area contributed by atoms with Crippen LogP contribution in [0.4, 0.5) is 9.18 Å². The molecule has 0 bridgehead atoms. The maximum absolute atomic E-state index is 12.6. The Balaban J connectivity index is 2.21. The molecule has 0 radical (unpaired) electrons. The fraction of sp³-hybridized carbons (Fsp3) is 0.462. The second-order valence-corrected chi connectivity index (χ2v) is 4.42. The van der Waals surface area contributed by atoms with Crippen LogP contribution >= 0.6 is 0 Å².